The molecule has 0 heterocycles. The Morgan fingerprint density at radius 3 is 1.94 bits per heavy atom. The van der Waals surface area contributed by atoms with Gasteiger partial charge in [-0.1, -0.05) is 36.4 Å². The number of benzene rings is 3. The second-order valence-corrected chi connectivity index (χ2v) is 6.53. The summed E-state index contributed by atoms with van der Waals surface area (Å²) in [5.41, 5.74) is 2.02. The smallest absolute Gasteiger partial charge is 0.347 e. The van der Waals surface area contributed by atoms with Crippen LogP contribution in [0, 0.1) is 0 Å². The maximum absolute atomic E-state index is 12.5. The molecule has 0 aliphatic carbocycles. The molecule has 31 heavy (non-hydrogen) atoms. The number of hydrogen-bond donors (Lipinski definition) is 0. The van der Waals surface area contributed by atoms with Crippen molar-refractivity contribution in [3.05, 3.63) is 83.4 Å². The zero-order chi connectivity index (χ0) is 22.2. The van der Waals surface area contributed by atoms with Gasteiger partial charge in [0.15, 0.2) is 0 Å². The van der Waals surface area contributed by atoms with Crippen molar-refractivity contribution in [2.45, 2.75) is 6.92 Å². The Labute approximate surface area is 180 Å². The number of carbonyl (C=O) groups is 2. The summed E-state index contributed by atoms with van der Waals surface area (Å²) in [6, 6.07) is 19.1. The maximum atomic E-state index is 12.5. The molecule has 3 aromatic carbocycles. The lowest BCUT2D eigenvalue weighted by molar-refractivity contribution is -0.131. The zero-order valence-electron chi connectivity index (χ0n) is 17.5. The van der Waals surface area contributed by atoms with Crippen LogP contribution in [0.4, 0.5) is 0 Å². The first-order valence-corrected chi connectivity index (χ1v) is 9.49. The first kappa shape index (κ1) is 21.6. The molecule has 0 aliphatic rings. The molecule has 0 N–H and O–H groups in total. The lowest BCUT2D eigenvalue weighted by Crippen LogP contribution is -2.12. The van der Waals surface area contributed by atoms with E-state index in [0.29, 0.717) is 17.2 Å². The predicted octanol–water partition coefficient (Wildman–Crippen LogP) is 5.02. The van der Waals surface area contributed by atoms with Crippen LogP contribution in [0.1, 0.15) is 28.4 Å². The van der Waals surface area contributed by atoms with Crippen molar-refractivity contribution in [3.8, 4) is 23.0 Å². The van der Waals surface area contributed by atoms with Gasteiger partial charge in [0.25, 0.3) is 0 Å². The van der Waals surface area contributed by atoms with Gasteiger partial charge in [-0.25, -0.2) is 4.79 Å². The van der Waals surface area contributed by atoms with E-state index in [0.717, 1.165) is 11.1 Å². The lowest BCUT2D eigenvalue weighted by Gasteiger charge is -2.09. The third-order valence-electron chi connectivity index (χ3n) is 4.29. The number of methoxy groups -OCH3 is 2. The van der Waals surface area contributed by atoms with Gasteiger partial charge in [-0.05, 0) is 47.5 Å². The van der Waals surface area contributed by atoms with Crippen molar-refractivity contribution in [2.24, 2.45) is 0 Å². The fourth-order valence-corrected chi connectivity index (χ4v) is 2.81. The monoisotopic (exact) mass is 418 g/mol. The van der Waals surface area contributed by atoms with Gasteiger partial charge in [0, 0.05) is 13.0 Å². The van der Waals surface area contributed by atoms with Gasteiger partial charge in [-0.15, -0.1) is 0 Å². The van der Waals surface area contributed by atoms with Gasteiger partial charge in [-0.3, -0.25) is 4.79 Å². The molecule has 0 amide bonds. The molecule has 3 rings (SSSR count). The van der Waals surface area contributed by atoms with Crippen LogP contribution < -0.4 is 18.9 Å². The molecule has 0 saturated carbocycles. The molecular weight excluding hydrogens is 396 g/mol. The number of hydrogen-bond acceptors (Lipinski definition) is 6. The summed E-state index contributed by atoms with van der Waals surface area (Å²) in [5, 5.41) is 0. The summed E-state index contributed by atoms with van der Waals surface area (Å²) < 4.78 is 21.0. The highest BCUT2D eigenvalue weighted by molar-refractivity contribution is 5.94. The Hall–Kier alpha value is -4.06. The molecule has 0 atom stereocenters. The molecule has 0 unspecified atom stereocenters. The van der Waals surface area contributed by atoms with E-state index in [4.69, 9.17) is 18.9 Å². The van der Waals surface area contributed by atoms with Crippen molar-refractivity contribution in [3.63, 3.8) is 0 Å². The molecule has 6 heteroatoms. The highest BCUT2D eigenvalue weighted by Gasteiger charge is 2.15. The molecule has 0 aromatic heterocycles. The molecule has 158 valence electrons. The minimum Gasteiger partial charge on any atom is -0.497 e. The molecule has 3 aromatic rings. The lowest BCUT2D eigenvalue weighted by atomic mass is 10.1. The van der Waals surface area contributed by atoms with Crippen molar-refractivity contribution in [2.75, 3.05) is 14.2 Å². The fraction of sp³-hybridized carbons (Fsp3) is 0.120. The van der Waals surface area contributed by atoms with Crippen molar-refractivity contribution >= 4 is 24.1 Å². The zero-order valence-corrected chi connectivity index (χ0v) is 17.5. The van der Waals surface area contributed by atoms with Gasteiger partial charge in [0.1, 0.15) is 28.6 Å². The third kappa shape index (κ3) is 5.96. The Morgan fingerprint density at radius 1 is 0.710 bits per heavy atom. The quantitative estimate of drug-likeness (QED) is 0.305. The van der Waals surface area contributed by atoms with Gasteiger partial charge in [0.05, 0.1) is 14.2 Å². The molecule has 6 nitrogen and oxygen atoms in total. The van der Waals surface area contributed by atoms with Gasteiger partial charge in [-0.2, -0.15) is 0 Å². The SMILES string of the molecule is COc1cc(/C=C/c2ccc(OC(=O)c3ccccc3OC(C)=O)cc2)cc(OC)c1. The van der Waals surface area contributed by atoms with Gasteiger partial charge < -0.3 is 18.9 Å². The van der Waals surface area contributed by atoms with E-state index in [2.05, 4.69) is 0 Å². The summed E-state index contributed by atoms with van der Waals surface area (Å²) in [5.74, 6) is 0.829. The number of esters is 2. The van der Waals surface area contributed by atoms with E-state index < -0.39 is 11.9 Å². The van der Waals surface area contributed by atoms with E-state index in [1.54, 1.807) is 56.7 Å². The minimum absolute atomic E-state index is 0.160. The van der Waals surface area contributed by atoms with Gasteiger partial charge in [0.2, 0.25) is 0 Å². The Kier molecular flexibility index (Phi) is 7.06. The normalized spacial score (nSPS) is 10.5. The summed E-state index contributed by atoms with van der Waals surface area (Å²) in [6.07, 6.45) is 3.86. The molecule has 0 bridgehead atoms. The molecule has 0 aliphatic heterocycles. The van der Waals surface area contributed by atoms with Crippen LogP contribution in [0.25, 0.3) is 12.2 Å². The number of para-hydroxylation sites is 1. The standard InChI is InChI=1S/C25H22O6/c1-17(26)30-24-7-5-4-6-23(24)25(27)31-20-12-10-18(11-13-20)8-9-19-14-21(28-2)16-22(15-19)29-3/h4-16H,1-3H3/b9-8+. The van der Waals surface area contributed by atoms with E-state index in [1.807, 2.05) is 36.4 Å². The summed E-state index contributed by atoms with van der Waals surface area (Å²) in [7, 11) is 3.21. The molecule has 0 radical (unpaired) electrons. The average molecular weight is 418 g/mol. The maximum Gasteiger partial charge on any atom is 0.347 e. The topological polar surface area (TPSA) is 71.1 Å². The Bertz CT molecular complexity index is 1080. The highest BCUT2D eigenvalue weighted by Crippen LogP contribution is 2.25. The van der Waals surface area contributed by atoms with Gasteiger partial charge >= 0.3 is 11.9 Å². The predicted molar refractivity (Wildman–Crippen MR) is 118 cm³/mol. The van der Waals surface area contributed by atoms with Crippen molar-refractivity contribution in [1.82, 2.24) is 0 Å². The Balaban J connectivity index is 1.71. The van der Waals surface area contributed by atoms with Crippen LogP contribution in [0.3, 0.4) is 0 Å². The van der Waals surface area contributed by atoms with Crippen molar-refractivity contribution < 1.29 is 28.5 Å². The van der Waals surface area contributed by atoms with Crippen LogP contribution in [0.15, 0.2) is 66.7 Å². The summed E-state index contributed by atoms with van der Waals surface area (Å²) >= 11 is 0. The largest absolute Gasteiger partial charge is 0.497 e. The number of carbonyl (C=O) groups excluding carboxylic acids is 2. The number of ether oxygens (including phenoxy) is 4. The summed E-state index contributed by atoms with van der Waals surface area (Å²) in [6.45, 7) is 1.27. The Morgan fingerprint density at radius 2 is 1.32 bits per heavy atom. The first-order chi connectivity index (χ1) is 15.0. The first-order valence-electron chi connectivity index (χ1n) is 9.49. The van der Waals surface area contributed by atoms with Crippen LogP contribution in [-0.2, 0) is 4.79 Å². The molecule has 0 spiro atoms. The van der Waals surface area contributed by atoms with Crippen LogP contribution in [0.2, 0.25) is 0 Å². The molecule has 0 saturated heterocycles. The summed E-state index contributed by atoms with van der Waals surface area (Å²) in [4.78, 5) is 23.7. The van der Waals surface area contributed by atoms with Crippen LogP contribution in [0.5, 0.6) is 23.0 Å². The fourth-order valence-electron chi connectivity index (χ4n) is 2.81. The highest BCUT2D eigenvalue weighted by atomic mass is 16.5. The third-order valence-corrected chi connectivity index (χ3v) is 4.29. The van der Waals surface area contributed by atoms with E-state index >= 15 is 0 Å². The number of rotatable bonds is 7. The van der Waals surface area contributed by atoms with Crippen LogP contribution >= 0.6 is 0 Å². The minimum atomic E-state index is -0.608. The molecule has 0 fully saturated rings. The molecular formula is C25H22O6. The van der Waals surface area contributed by atoms with E-state index in [-0.39, 0.29) is 11.3 Å². The average Bonchev–Trinajstić information content (AvgIpc) is 2.78. The second kappa shape index (κ2) is 10.1. The van der Waals surface area contributed by atoms with E-state index in [9.17, 15) is 9.59 Å². The van der Waals surface area contributed by atoms with Crippen LogP contribution in [-0.4, -0.2) is 26.2 Å². The second-order valence-electron chi connectivity index (χ2n) is 6.53. The van der Waals surface area contributed by atoms with E-state index in [1.165, 1.54) is 6.92 Å². The van der Waals surface area contributed by atoms with Crippen molar-refractivity contribution in [1.29, 1.82) is 0 Å².